The molecule has 0 saturated heterocycles. The minimum atomic E-state index is -5.21. The lowest BCUT2D eigenvalue weighted by Crippen LogP contribution is -2.42. The van der Waals surface area contributed by atoms with E-state index in [0.717, 1.165) is 0 Å². The van der Waals surface area contributed by atoms with Crippen molar-refractivity contribution >= 4 is 0 Å². The fourth-order valence-electron chi connectivity index (χ4n) is 1.10. The largest absolute Gasteiger partial charge is 0.458 e. The average molecular weight is 288 g/mol. The minimum Gasteiger partial charge on any atom is -0.458 e. The maximum atomic E-state index is 12.8. The van der Waals surface area contributed by atoms with Crippen molar-refractivity contribution in [1.82, 2.24) is 0 Å². The summed E-state index contributed by atoms with van der Waals surface area (Å²) in [7, 11) is 0. The molecule has 0 aromatic rings. The van der Waals surface area contributed by atoms with Crippen molar-refractivity contribution in [2.24, 2.45) is 0 Å². The SMILES string of the molecule is FC(F)C(F)C(F)OC1=CC(F)(F)C(F)(F)C1F. The van der Waals surface area contributed by atoms with E-state index in [4.69, 9.17) is 0 Å². The predicted molar refractivity (Wildman–Crippen MR) is 39.8 cm³/mol. The average Bonchev–Trinajstić information content (AvgIpc) is 2.38. The highest BCUT2D eigenvalue weighted by molar-refractivity contribution is 5.24. The van der Waals surface area contributed by atoms with E-state index in [1.807, 2.05) is 0 Å². The molecule has 0 amide bonds. The number of halogens is 9. The molecule has 3 atom stereocenters. The summed E-state index contributed by atoms with van der Waals surface area (Å²) in [6.07, 6.45) is -15.5. The third kappa shape index (κ3) is 2.37. The highest BCUT2D eigenvalue weighted by Gasteiger charge is 2.67. The van der Waals surface area contributed by atoms with Gasteiger partial charge in [0.15, 0.2) is 0 Å². The van der Waals surface area contributed by atoms with Gasteiger partial charge in [0.1, 0.15) is 5.76 Å². The zero-order chi connectivity index (χ0) is 14.3. The van der Waals surface area contributed by atoms with Crippen molar-refractivity contribution in [3.05, 3.63) is 11.8 Å². The van der Waals surface area contributed by atoms with Crippen LogP contribution in [-0.2, 0) is 4.74 Å². The smallest absolute Gasteiger partial charge is 0.351 e. The van der Waals surface area contributed by atoms with E-state index < -0.39 is 48.8 Å². The molecule has 0 N–H and O–H groups in total. The van der Waals surface area contributed by atoms with Gasteiger partial charge < -0.3 is 4.74 Å². The molecular formula is C8H5F9O. The van der Waals surface area contributed by atoms with Gasteiger partial charge in [-0.1, -0.05) is 0 Å². The van der Waals surface area contributed by atoms with Gasteiger partial charge in [-0.2, -0.15) is 22.0 Å². The molecule has 0 radical (unpaired) electrons. The Balaban J connectivity index is 2.81. The van der Waals surface area contributed by atoms with E-state index in [1.54, 1.807) is 0 Å². The number of alkyl halides is 9. The molecule has 1 rings (SSSR count). The Bertz CT molecular complexity index is 339. The molecule has 10 heteroatoms. The van der Waals surface area contributed by atoms with Crippen LogP contribution in [0.3, 0.4) is 0 Å². The maximum absolute atomic E-state index is 12.8. The Morgan fingerprint density at radius 3 is 1.89 bits per heavy atom. The first kappa shape index (κ1) is 15.0. The maximum Gasteiger partial charge on any atom is 0.351 e. The molecule has 0 aliphatic heterocycles. The number of hydrogen-bond acceptors (Lipinski definition) is 1. The molecule has 0 aromatic carbocycles. The summed E-state index contributed by atoms with van der Waals surface area (Å²) < 4.78 is 115. The van der Waals surface area contributed by atoms with Gasteiger partial charge in [0.25, 0.3) is 12.8 Å². The molecule has 0 fully saturated rings. The molecule has 18 heavy (non-hydrogen) atoms. The van der Waals surface area contributed by atoms with E-state index in [9.17, 15) is 39.5 Å². The van der Waals surface area contributed by atoms with Gasteiger partial charge >= 0.3 is 11.8 Å². The first-order valence-corrected chi connectivity index (χ1v) is 4.36. The van der Waals surface area contributed by atoms with Crippen LogP contribution < -0.4 is 0 Å². The fraction of sp³-hybridized carbons (Fsp3) is 0.750. The van der Waals surface area contributed by atoms with Gasteiger partial charge in [0, 0.05) is 6.08 Å². The lowest BCUT2D eigenvalue weighted by atomic mass is 10.2. The van der Waals surface area contributed by atoms with Crippen LogP contribution in [0.4, 0.5) is 39.5 Å². The molecule has 0 spiro atoms. The molecular weight excluding hydrogens is 283 g/mol. The van der Waals surface area contributed by atoms with Crippen LogP contribution in [0.5, 0.6) is 0 Å². The summed E-state index contributed by atoms with van der Waals surface area (Å²) in [5, 5.41) is 0. The summed E-state index contributed by atoms with van der Waals surface area (Å²) >= 11 is 0. The highest BCUT2D eigenvalue weighted by Crippen LogP contribution is 2.48. The van der Waals surface area contributed by atoms with Crippen molar-refractivity contribution in [2.75, 3.05) is 0 Å². The lowest BCUT2D eigenvalue weighted by molar-refractivity contribution is -0.199. The molecule has 1 aliphatic carbocycles. The second kappa shape index (κ2) is 4.54. The van der Waals surface area contributed by atoms with Crippen LogP contribution in [-0.4, -0.2) is 37.0 Å². The van der Waals surface area contributed by atoms with Crippen LogP contribution in [0, 0.1) is 0 Å². The molecule has 1 nitrogen and oxygen atoms in total. The third-order valence-corrected chi connectivity index (χ3v) is 2.08. The molecule has 106 valence electrons. The topological polar surface area (TPSA) is 9.23 Å². The summed E-state index contributed by atoms with van der Waals surface area (Å²) in [5.74, 6) is -12.1. The Morgan fingerprint density at radius 2 is 1.56 bits per heavy atom. The van der Waals surface area contributed by atoms with Crippen molar-refractivity contribution in [3.8, 4) is 0 Å². The van der Waals surface area contributed by atoms with Gasteiger partial charge in [-0.3, -0.25) is 0 Å². The first-order valence-electron chi connectivity index (χ1n) is 4.36. The third-order valence-electron chi connectivity index (χ3n) is 2.08. The van der Waals surface area contributed by atoms with Crippen LogP contribution in [0.15, 0.2) is 11.8 Å². The standard InChI is InChI=1S/C8H5F9O/c9-3(5(11)12)6(13)18-2-1-7(14,15)8(16,17)4(2)10/h1,3-6H. The first-order chi connectivity index (χ1) is 8.00. The van der Waals surface area contributed by atoms with E-state index in [0.29, 0.717) is 0 Å². The Kier molecular flexibility index (Phi) is 3.78. The van der Waals surface area contributed by atoms with Crippen LogP contribution in [0.2, 0.25) is 0 Å². The monoisotopic (exact) mass is 288 g/mol. The molecule has 0 saturated carbocycles. The molecule has 1 aliphatic rings. The molecule has 0 aromatic heterocycles. The van der Waals surface area contributed by atoms with E-state index >= 15 is 0 Å². The molecule has 0 bridgehead atoms. The van der Waals surface area contributed by atoms with Crippen LogP contribution in [0.1, 0.15) is 0 Å². The number of ether oxygens (including phenoxy) is 1. The van der Waals surface area contributed by atoms with Gasteiger partial charge in [-0.05, 0) is 0 Å². The van der Waals surface area contributed by atoms with Crippen molar-refractivity contribution in [3.63, 3.8) is 0 Å². The quantitative estimate of drug-likeness (QED) is 0.720. The van der Waals surface area contributed by atoms with Gasteiger partial charge in [0.05, 0.1) is 0 Å². The Hall–Kier alpha value is -1.09. The molecule has 0 heterocycles. The predicted octanol–water partition coefficient (Wildman–Crippen LogP) is 3.41. The summed E-state index contributed by atoms with van der Waals surface area (Å²) in [4.78, 5) is 0. The van der Waals surface area contributed by atoms with Crippen molar-refractivity contribution < 1.29 is 44.3 Å². The Morgan fingerprint density at radius 1 is 1.06 bits per heavy atom. The fourth-order valence-corrected chi connectivity index (χ4v) is 1.10. The zero-order valence-corrected chi connectivity index (χ0v) is 8.20. The zero-order valence-electron chi connectivity index (χ0n) is 8.20. The summed E-state index contributed by atoms with van der Waals surface area (Å²) in [6, 6.07) is 0. The van der Waals surface area contributed by atoms with Crippen LogP contribution in [0.25, 0.3) is 0 Å². The molecule has 3 unspecified atom stereocenters. The van der Waals surface area contributed by atoms with E-state index in [2.05, 4.69) is 4.74 Å². The number of hydrogen-bond donors (Lipinski definition) is 0. The second-order valence-corrected chi connectivity index (χ2v) is 3.40. The van der Waals surface area contributed by atoms with Crippen molar-refractivity contribution in [1.29, 1.82) is 0 Å². The van der Waals surface area contributed by atoms with Crippen LogP contribution >= 0.6 is 0 Å². The summed E-state index contributed by atoms with van der Waals surface area (Å²) in [6.45, 7) is 0. The lowest BCUT2D eigenvalue weighted by Gasteiger charge is -2.20. The normalized spacial score (nSPS) is 29.0. The van der Waals surface area contributed by atoms with Gasteiger partial charge in [0.2, 0.25) is 12.3 Å². The highest BCUT2D eigenvalue weighted by atomic mass is 19.3. The van der Waals surface area contributed by atoms with Gasteiger partial charge in [-0.25, -0.2) is 17.6 Å². The Labute approximate surface area is 94.2 Å². The minimum absolute atomic E-state index is 0.761. The summed E-state index contributed by atoms with van der Waals surface area (Å²) in [5.41, 5.74) is 0. The van der Waals surface area contributed by atoms with E-state index in [1.165, 1.54) is 0 Å². The van der Waals surface area contributed by atoms with E-state index in [-0.39, 0.29) is 0 Å². The number of allylic oxidation sites excluding steroid dienone is 2. The number of rotatable bonds is 4. The van der Waals surface area contributed by atoms with Gasteiger partial charge in [-0.15, -0.1) is 0 Å². The van der Waals surface area contributed by atoms with Crippen molar-refractivity contribution in [2.45, 2.75) is 37.0 Å². The second-order valence-electron chi connectivity index (χ2n) is 3.40.